The van der Waals surface area contributed by atoms with Crippen molar-refractivity contribution < 1.29 is 9.59 Å². The molecule has 0 N–H and O–H groups in total. The van der Waals surface area contributed by atoms with Gasteiger partial charge in [-0.2, -0.15) is 0 Å². The Morgan fingerprint density at radius 3 is 2.13 bits per heavy atom. The molecule has 0 radical (unpaired) electrons. The largest absolute Gasteiger partial charge is 0.372 e. The zero-order chi connectivity index (χ0) is 33.2. The number of likely N-dealkylation sites (tertiary alicyclic amines) is 2. The maximum atomic E-state index is 13.9. The fraction of sp³-hybridized carbons (Fsp3) is 0.474. The van der Waals surface area contributed by atoms with E-state index in [0.717, 1.165) is 62.4 Å². The molecule has 0 aromatic heterocycles. The van der Waals surface area contributed by atoms with Crippen LogP contribution in [0.15, 0.2) is 60.7 Å². The molecule has 3 aliphatic heterocycles. The van der Waals surface area contributed by atoms with Crippen molar-refractivity contribution in [1.82, 2.24) is 19.6 Å². The Morgan fingerprint density at radius 1 is 0.809 bits per heavy atom. The van der Waals surface area contributed by atoms with Gasteiger partial charge in [0.25, 0.3) is 5.91 Å². The molecule has 2 amide bonds. The third kappa shape index (κ3) is 7.49. The molecule has 3 aliphatic rings. The summed E-state index contributed by atoms with van der Waals surface area (Å²) >= 11 is 12.7. The number of amides is 2. The van der Waals surface area contributed by atoms with E-state index >= 15 is 0 Å². The van der Waals surface area contributed by atoms with Crippen LogP contribution in [-0.2, 0) is 11.3 Å². The molecular formula is C38H47Cl2N5O2. The number of carbonyl (C=O) groups excluding carboxylic acids is 2. The van der Waals surface area contributed by atoms with E-state index in [4.69, 9.17) is 23.2 Å². The van der Waals surface area contributed by atoms with Crippen molar-refractivity contribution in [2.24, 2.45) is 0 Å². The van der Waals surface area contributed by atoms with Crippen molar-refractivity contribution in [2.45, 2.75) is 65.2 Å². The van der Waals surface area contributed by atoms with Crippen LogP contribution >= 0.6 is 23.2 Å². The summed E-state index contributed by atoms with van der Waals surface area (Å²) in [6.45, 7) is 15.6. The summed E-state index contributed by atoms with van der Waals surface area (Å²) in [5.41, 5.74) is 6.35. The van der Waals surface area contributed by atoms with E-state index in [1.54, 1.807) is 6.07 Å². The molecule has 250 valence electrons. The fourth-order valence-corrected chi connectivity index (χ4v) is 8.18. The molecule has 3 atom stereocenters. The second kappa shape index (κ2) is 14.6. The first kappa shape index (κ1) is 33.8. The Balaban J connectivity index is 1.07. The van der Waals surface area contributed by atoms with Gasteiger partial charge in [-0.1, -0.05) is 58.6 Å². The number of anilines is 1. The van der Waals surface area contributed by atoms with Gasteiger partial charge in [0.2, 0.25) is 5.91 Å². The van der Waals surface area contributed by atoms with Crippen molar-refractivity contribution in [2.75, 3.05) is 57.3 Å². The Hall–Kier alpha value is -3.10. The number of rotatable bonds is 10. The molecule has 2 bridgehead atoms. The molecule has 0 unspecified atom stereocenters. The van der Waals surface area contributed by atoms with Crippen molar-refractivity contribution >= 4 is 40.7 Å². The van der Waals surface area contributed by atoms with Crippen molar-refractivity contribution in [3.8, 4) is 0 Å². The highest BCUT2D eigenvalue weighted by molar-refractivity contribution is 6.42. The van der Waals surface area contributed by atoms with Crippen LogP contribution in [0.3, 0.4) is 0 Å². The number of carbonyl (C=O) groups is 2. The summed E-state index contributed by atoms with van der Waals surface area (Å²) in [4.78, 5) is 38.8. The molecule has 3 aromatic carbocycles. The van der Waals surface area contributed by atoms with Gasteiger partial charge < -0.3 is 14.7 Å². The zero-order valence-electron chi connectivity index (χ0n) is 28.1. The lowest BCUT2D eigenvalue weighted by Gasteiger charge is -2.42. The Bertz CT molecular complexity index is 1570. The first-order valence-corrected chi connectivity index (χ1v) is 17.8. The summed E-state index contributed by atoms with van der Waals surface area (Å²) < 4.78 is 0. The number of halogens is 2. The van der Waals surface area contributed by atoms with Crippen molar-refractivity contribution in [3.63, 3.8) is 0 Å². The van der Waals surface area contributed by atoms with E-state index in [0.29, 0.717) is 53.7 Å². The van der Waals surface area contributed by atoms with Crippen LogP contribution in [-0.4, -0.2) is 95.9 Å². The van der Waals surface area contributed by atoms with E-state index < -0.39 is 0 Å². The van der Waals surface area contributed by atoms with E-state index in [1.165, 1.54) is 11.3 Å². The second-order valence-electron chi connectivity index (χ2n) is 13.5. The van der Waals surface area contributed by atoms with E-state index in [-0.39, 0.29) is 17.9 Å². The third-order valence-electron chi connectivity index (χ3n) is 10.3. The van der Waals surface area contributed by atoms with Gasteiger partial charge in [-0.25, -0.2) is 0 Å². The smallest absolute Gasteiger partial charge is 0.254 e. The first-order chi connectivity index (χ1) is 22.6. The molecule has 47 heavy (non-hydrogen) atoms. The van der Waals surface area contributed by atoms with Crippen LogP contribution < -0.4 is 4.90 Å². The first-order valence-electron chi connectivity index (χ1n) is 17.1. The SMILES string of the molecule is CCN(CC)c1ccc(CN2C[C@@H]3C[C@H]2CN3CCC(=O)N2CCN(C(=O)c3cc(C)cc(C)c3)C[C@H]2c2ccc(Cl)c(Cl)c2)cc1. The van der Waals surface area contributed by atoms with Crippen LogP contribution in [0.2, 0.25) is 10.0 Å². The number of aryl methyl sites for hydroxylation is 2. The molecule has 7 nitrogen and oxygen atoms in total. The lowest BCUT2D eigenvalue weighted by Crippen LogP contribution is -2.53. The number of fused-ring (bicyclic) bond motifs is 2. The van der Waals surface area contributed by atoms with Crippen molar-refractivity contribution in [3.05, 3.63) is 98.5 Å². The molecule has 0 saturated carbocycles. The normalized spacial score (nSPS) is 21.4. The van der Waals surface area contributed by atoms with Gasteiger partial charge in [-0.05, 0) is 81.6 Å². The molecule has 3 saturated heterocycles. The number of nitrogens with zero attached hydrogens (tertiary/aromatic N) is 5. The van der Waals surface area contributed by atoms with Gasteiger partial charge in [0.1, 0.15) is 0 Å². The Kier molecular flexibility index (Phi) is 10.5. The molecule has 6 rings (SSSR count). The van der Waals surface area contributed by atoms with E-state index in [2.05, 4.69) is 58.9 Å². The van der Waals surface area contributed by atoms with Crippen molar-refractivity contribution in [1.29, 1.82) is 0 Å². The van der Waals surface area contributed by atoms with Gasteiger partial charge >= 0.3 is 0 Å². The van der Waals surface area contributed by atoms with Crippen LogP contribution in [0.1, 0.15) is 65.3 Å². The van der Waals surface area contributed by atoms with Crippen LogP contribution in [0.4, 0.5) is 5.69 Å². The van der Waals surface area contributed by atoms with Gasteiger partial charge in [0.15, 0.2) is 0 Å². The predicted molar refractivity (Wildman–Crippen MR) is 192 cm³/mol. The minimum atomic E-state index is -0.292. The molecule has 3 fully saturated rings. The highest BCUT2D eigenvalue weighted by Gasteiger charge is 2.43. The number of benzene rings is 3. The Labute approximate surface area is 290 Å². The predicted octanol–water partition coefficient (Wildman–Crippen LogP) is 6.83. The highest BCUT2D eigenvalue weighted by Crippen LogP contribution is 2.34. The Morgan fingerprint density at radius 2 is 1.49 bits per heavy atom. The number of hydrogen-bond donors (Lipinski definition) is 0. The summed E-state index contributed by atoms with van der Waals surface area (Å²) in [6.07, 6.45) is 1.62. The maximum Gasteiger partial charge on any atom is 0.254 e. The quantitative estimate of drug-likeness (QED) is 0.236. The van der Waals surface area contributed by atoms with Crippen LogP contribution in [0, 0.1) is 13.8 Å². The number of piperazine rings is 2. The minimum Gasteiger partial charge on any atom is -0.372 e. The van der Waals surface area contributed by atoms with Crippen LogP contribution in [0.5, 0.6) is 0 Å². The lowest BCUT2D eigenvalue weighted by atomic mass is 10.00. The summed E-state index contributed by atoms with van der Waals surface area (Å²) in [6, 6.07) is 21.3. The monoisotopic (exact) mass is 675 g/mol. The average molecular weight is 677 g/mol. The van der Waals surface area contributed by atoms with E-state index in [1.807, 2.05) is 47.9 Å². The minimum absolute atomic E-state index is 0.00793. The molecule has 3 aromatic rings. The average Bonchev–Trinajstić information content (AvgIpc) is 3.65. The molecule has 9 heteroatoms. The van der Waals surface area contributed by atoms with Crippen LogP contribution in [0.25, 0.3) is 0 Å². The summed E-state index contributed by atoms with van der Waals surface area (Å²) in [7, 11) is 0. The maximum absolute atomic E-state index is 13.9. The van der Waals surface area contributed by atoms with Gasteiger partial charge in [0, 0.05) is 88.7 Å². The van der Waals surface area contributed by atoms with Gasteiger partial charge in [0.05, 0.1) is 16.1 Å². The molecule has 3 heterocycles. The molecular weight excluding hydrogens is 629 g/mol. The lowest BCUT2D eigenvalue weighted by molar-refractivity contribution is -0.136. The topological polar surface area (TPSA) is 50.3 Å². The fourth-order valence-electron chi connectivity index (χ4n) is 7.87. The standard InChI is InChI=1S/C38H47Cl2N5O2/c1-5-41(6-2)31-10-7-28(8-11-31)22-44-24-32-21-33(44)23-42(32)14-13-37(46)45-16-15-43(38(47)30-18-26(3)17-27(4)19-30)25-36(45)29-9-12-34(39)35(40)20-29/h7-12,17-20,32-33,36H,5-6,13-16,21-25H2,1-4H3/t32-,33-,36-/m0/s1. The van der Waals surface area contributed by atoms with Gasteiger partial charge in [-0.3, -0.25) is 19.4 Å². The van der Waals surface area contributed by atoms with Gasteiger partial charge in [-0.15, -0.1) is 0 Å². The number of hydrogen-bond acceptors (Lipinski definition) is 5. The summed E-state index contributed by atoms with van der Waals surface area (Å²) in [5, 5.41) is 0.925. The zero-order valence-corrected chi connectivity index (χ0v) is 29.6. The highest BCUT2D eigenvalue weighted by atomic mass is 35.5. The molecule has 0 spiro atoms. The third-order valence-corrected chi connectivity index (χ3v) is 11.1. The van der Waals surface area contributed by atoms with E-state index in [9.17, 15) is 9.59 Å². The second-order valence-corrected chi connectivity index (χ2v) is 14.3. The summed E-state index contributed by atoms with van der Waals surface area (Å²) in [5.74, 6) is 0.110. The molecule has 0 aliphatic carbocycles.